The van der Waals surface area contributed by atoms with Gasteiger partial charge in [-0.05, 0) is 160 Å². The van der Waals surface area contributed by atoms with Crippen molar-refractivity contribution in [3.8, 4) is 27.9 Å². The number of nitrogens with zero attached hydrogens (tertiary/aromatic N) is 2. The second-order valence-corrected chi connectivity index (χ2v) is 21.2. The maximum absolute atomic E-state index is 4.05. The Kier molecular flexibility index (Phi) is 13.7. The Morgan fingerprint density at radius 2 is 1.05 bits per heavy atom. The van der Waals surface area contributed by atoms with Crippen LogP contribution < -0.4 is 15.5 Å². The van der Waals surface area contributed by atoms with Crippen LogP contribution in [0.4, 0.5) is 17.1 Å². The average molecular weight is 983 g/mol. The Morgan fingerprint density at radius 3 is 1.72 bits per heavy atom. The standard InChI is InChI=1S/C74H66N2/c1-4-54-24-20-26-56(49-54)22-16-18-46-74(47-19-17-23-57-27-21-25-55(5-2)50-57)70-34-14-12-32-65(70)66-45-44-64(51-71(66)74)75(62-40-36-59(37-41-62)58-28-8-6-9-29-58)63-42-38-60(39-43-63)68-52-69-67-33-13-15-35-72(67)76(73(69)48-53(68)3)61-30-10-7-11-31-61/h4-15,20-21,24-45,48-53,68H,1-2,16-19,22-23,46-47H2,3H3. The SMILES string of the molecule is C=Cc1cccc(CCCCC2(CCCCc3cccc(C=C)c3)c3ccccc3-c3ccc(N(c4ccc(-c5ccccc5)cc4)c4ccc(C5C=c6c(n(-c7ccccc7)c7ccccc67)=CC5C)cc4)cc32)c1. The molecular weight excluding hydrogens is 917 g/mol. The Hall–Kier alpha value is -8.46. The fraction of sp³-hybridized carbons (Fsp3) is 0.162. The molecule has 2 aliphatic rings. The smallest absolute Gasteiger partial charge is 0.0540 e. The van der Waals surface area contributed by atoms with E-state index >= 15 is 0 Å². The van der Waals surface area contributed by atoms with Gasteiger partial charge in [-0.3, -0.25) is 0 Å². The number of hydrogen-bond acceptors (Lipinski definition) is 1. The van der Waals surface area contributed by atoms with Crippen molar-refractivity contribution in [1.82, 2.24) is 4.57 Å². The van der Waals surface area contributed by atoms with Gasteiger partial charge in [0.2, 0.25) is 0 Å². The van der Waals surface area contributed by atoms with Gasteiger partial charge in [0.05, 0.1) is 10.9 Å². The lowest BCUT2D eigenvalue weighted by molar-refractivity contribution is 0.407. The first kappa shape index (κ1) is 48.5. The number of fused-ring (bicyclic) bond motifs is 6. The van der Waals surface area contributed by atoms with Crippen LogP contribution in [0.3, 0.4) is 0 Å². The van der Waals surface area contributed by atoms with E-state index in [2.05, 4.69) is 266 Å². The maximum atomic E-state index is 4.05. The number of anilines is 3. The Labute approximate surface area is 450 Å². The van der Waals surface area contributed by atoms with E-state index in [9.17, 15) is 0 Å². The average Bonchev–Trinajstić information content (AvgIpc) is 4.03. The molecule has 0 N–H and O–H groups in total. The number of unbranched alkanes of at least 4 members (excludes halogenated alkanes) is 2. The first-order valence-electron chi connectivity index (χ1n) is 27.6. The van der Waals surface area contributed by atoms with Crippen LogP contribution in [-0.4, -0.2) is 4.57 Å². The van der Waals surface area contributed by atoms with Crippen LogP contribution in [0, 0.1) is 5.92 Å². The summed E-state index contributed by atoms with van der Waals surface area (Å²) in [6.45, 7) is 10.5. The number of aromatic nitrogens is 1. The summed E-state index contributed by atoms with van der Waals surface area (Å²) in [5.74, 6) is 0.527. The van der Waals surface area contributed by atoms with Gasteiger partial charge in [0.15, 0.2) is 0 Å². The third-order valence-corrected chi connectivity index (χ3v) is 16.6. The Balaban J connectivity index is 0.931. The van der Waals surface area contributed by atoms with Gasteiger partial charge in [-0.1, -0.05) is 227 Å². The number of aryl methyl sites for hydroxylation is 2. The monoisotopic (exact) mass is 983 g/mol. The molecule has 0 saturated heterocycles. The molecule has 76 heavy (non-hydrogen) atoms. The second-order valence-electron chi connectivity index (χ2n) is 21.2. The van der Waals surface area contributed by atoms with E-state index in [1.807, 2.05) is 12.2 Å². The fourth-order valence-electron chi connectivity index (χ4n) is 12.8. The molecule has 0 fully saturated rings. The predicted molar refractivity (Wildman–Crippen MR) is 324 cm³/mol. The van der Waals surface area contributed by atoms with Gasteiger partial charge in [0.1, 0.15) is 0 Å². The minimum absolute atomic E-state index is 0.132. The molecule has 2 atom stereocenters. The topological polar surface area (TPSA) is 8.17 Å². The highest BCUT2D eigenvalue weighted by Crippen LogP contribution is 2.55. The first-order chi connectivity index (χ1) is 37.5. The second kappa shape index (κ2) is 21.4. The van der Waals surface area contributed by atoms with Gasteiger partial charge < -0.3 is 9.47 Å². The van der Waals surface area contributed by atoms with Crippen molar-refractivity contribution in [2.75, 3.05) is 4.90 Å². The van der Waals surface area contributed by atoms with Gasteiger partial charge in [-0.15, -0.1) is 0 Å². The zero-order chi connectivity index (χ0) is 51.4. The molecule has 0 radical (unpaired) electrons. The van der Waals surface area contributed by atoms with Gasteiger partial charge >= 0.3 is 0 Å². The highest BCUT2D eigenvalue weighted by Gasteiger charge is 2.42. The molecule has 0 bridgehead atoms. The first-order valence-corrected chi connectivity index (χ1v) is 27.6. The summed E-state index contributed by atoms with van der Waals surface area (Å²) in [6.07, 6.45) is 17.8. The molecule has 2 heteroatoms. The van der Waals surface area contributed by atoms with Crippen LogP contribution in [0.1, 0.15) is 90.3 Å². The van der Waals surface area contributed by atoms with Crippen LogP contribution in [0.15, 0.2) is 238 Å². The van der Waals surface area contributed by atoms with Crippen LogP contribution in [0.2, 0.25) is 0 Å². The Bertz CT molecular complexity index is 3760. The predicted octanol–water partition coefficient (Wildman–Crippen LogP) is 18.1. The molecule has 372 valence electrons. The van der Waals surface area contributed by atoms with E-state index < -0.39 is 0 Å². The highest BCUT2D eigenvalue weighted by molar-refractivity contribution is 5.87. The van der Waals surface area contributed by atoms with Crippen molar-refractivity contribution < 1.29 is 0 Å². The van der Waals surface area contributed by atoms with E-state index in [0.717, 1.165) is 62.7 Å². The van der Waals surface area contributed by atoms with Gasteiger partial charge in [-0.2, -0.15) is 0 Å². The number of benzene rings is 9. The van der Waals surface area contributed by atoms with E-state index in [4.69, 9.17) is 0 Å². The fourth-order valence-corrected chi connectivity index (χ4v) is 12.8. The highest BCUT2D eigenvalue weighted by atomic mass is 15.1. The quantitative estimate of drug-likeness (QED) is 0.0778. The molecule has 10 aromatic rings. The van der Waals surface area contributed by atoms with Crippen molar-refractivity contribution in [2.24, 2.45) is 5.92 Å². The molecule has 0 aliphatic heterocycles. The lowest BCUT2D eigenvalue weighted by Crippen LogP contribution is -2.34. The van der Waals surface area contributed by atoms with Gasteiger partial charge in [-0.25, -0.2) is 0 Å². The number of hydrogen-bond donors (Lipinski definition) is 0. The van der Waals surface area contributed by atoms with E-state index in [0.29, 0.717) is 5.92 Å². The van der Waals surface area contributed by atoms with Crippen LogP contribution in [0.25, 0.3) is 63.1 Å². The van der Waals surface area contributed by atoms with Gasteiger partial charge in [0, 0.05) is 44.7 Å². The van der Waals surface area contributed by atoms with E-state index in [-0.39, 0.29) is 11.3 Å². The zero-order valence-corrected chi connectivity index (χ0v) is 43.8. The summed E-state index contributed by atoms with van der Waals surface area (Å²) in [5, 5.41) is 3.89. The van der Waals surface area contributed by atoms with Crippen molar-refractivity contribution in [3.05, 3.63) is 287 Å². The van der Waals surface area contributed by atoms with E-state index in [1.54, 1.807) is 0 Å². The van der Waals surface area contributed by atoms with Crippen molar-refractivity contribution in [3.63, 3.8) is 0 Å². The maximum Gasteiger partial charge on any atom is 0.0540 e. The van der Waals surface area contributed by atoms with Crippen LogP contribution >= 0.6 is 0 Å². The number of para-hydroxylation sites is 2. The minimum Gasteiger partial charge on any atom is -0.310 e. The summed E-state index contributed by atoms with van der Waals surface area (Å²) in [7, 11) is 0. The molecule has 0 spiro atoms. The molecule has 1 heterocycles. The summed E-state index contributed by atoms with van der Waals surface area (Å²) >= 11 is 0. The molecule has 2 aliphatic carbocycles. The lowest BCUT2D eigenvalue weighted by atomic mass is 9.70. The minimum atomic E-state index is -0.132. The van der Waals surface area contributed by atoms with E-state index in [1.165, 1.54) is 94.0 Å². The summed E-state index contributed by atoms with van der Waals surface area (Å²) in [6, 6.07) is 83.6. The molecule has 0 saturated carbocycles. The molecule has 1 aromatic heterocycles. The summed E-state index contributed by atoms with van der Waals surface area (Å²) in [5.41, 5.74) is 20.4. The largest absolute Gasteiger partial charge is 0.310 e. The molecule has 2 nitrogen and oxygen atoms in total. The number of rotatable bonds is 18. The molecule has 9 aromatic carbocycles. The molecule has 12 rings (SSSR count). The lowest BCUT2D eigenvalue weighted by Gasteiger charge is -2.34. The molecule has 0 amide bonds. The van der Waals surface area contributed by atoms with Crippen molar-refractivity contribution in [1.29, 1.82) is 0 Å². The third kappa shape index (κ3) is 9.39. The summed E-state index contributed by atoms with van der Waals surface area (Å²) in [4.78, 5) is 2.50. The van der Waals surface area contributed by atoms with Crippen LogP contribution in [0.5, 0.6) is 0 Å². The van der Waals surface area contributed by atoms with Crippen molar-refractivity contribution >= 4 is 52.3 Å². The summed E-state index contributed by atoms with van der Waals surface area (Å²) < 4.78 is 2.44. The zero-order valence-electron chi connectivity index (χ0n) is 43.8. The Morgan fingerprint density at radius 1 is 0.487 bits per heavy atom. The van der Waals surface area contributed by atoms with Gasteiger partial charge in [0.25, 0.3) is 0 Å². The third-order valence-electron chi connectivity index (χ3n) is 16.6. The molecule has 2 unspecified atom stereocenters. The van der Waals surface area contributed by atoms with Crippen LogP contribution in [-0.2, 0) is 18.3 Å². The van der Waals surface area contributed by atoms with Crippen molar-refractivity contribution in [2.45, 2.75) is 69.6 Å². The normalized spacial score (nSPS) is 15.0. The molecular formula is C74H66N2.